The molecule has 0 radical (unpaired) electrons. The smallest absolute Gasteiger partial charge is 0.139 e. The van der Waals surface area contributed by atoms with Crippen molar-refractivity contribution in [1.82, 2.24) is 0 Å². The van der Waals surface area contributed by atoms with Crippen molar-refractivity contribution in [3.8, 4) is 0 Å². The maximum atomic E-state index is 12.2. The summed E-state index contributed by atoms with van der Waals surface area (Å²) in [5.41, 5.74) is 0. The van der Waals surface area contributed by atoms with Gasteiger partial charge in [0.1, 0.15) is 5.78 Å². The Labute approximate surface area is 130 Å². The summed E-state index contributed by atoms with van der Waals surface area (Å²) in [4.78, 5) is 12.2. The zero-order valence-corrected chi connectivity index (χ0v) is 13.7. The van der Waals surface area contributed by atoms with Crippen LogP contribution in [0.1, 0.15) is 96.3 Å². The highest BCUT2D eigenvalue weighted by Gasteiger charge is 2.28. The molecule has 0 unspecified atom stereocenters. The van der Waals surface area contributed by atoms with Crippen LogP contribution in [0, 0.1) is 11.8 Å². The maximum absolute atomic E-state index is 12.2. The molecular formula is C19H34O2. The minimum Gasteiger partial charge on any atom is -0.393 e. The molecule has 3 aliphatic rings. The molecule has 1 N–H and O–H groups in total. The molecule has 0 aromatic carbocycles. The summed E-state index contributed by atoms with van der Waals surface area (Å²) >= 11 is 0. The van der Waals surface area contributed by atoms with Gasteiger partial charge in [-0.1, -0.05) is 57.8 Å². The van der Waals surface area contributed by atoms with Crippen LogP contribution in [-0.2, 0) is 4.79 Å². The van der Waals surface area contributed by atoms with Crippen LogP contribution in [0.3, 0.4) is 0 Å². The molecule has 3 fully saturated rings. The number of rotatable bonds is 2. The quantitative estimate of drug-likeness (QED) is 0.775. The number of hydrogen-bond acceptors (Lipinski definition) is 2. The third-order valence-corrected chi connectivity index (χ3v) is 5.59. The second-order valence-electron chi connectivity index (χ2n) is 7.36. The number of hydrogen-bond donors (Lipinski definition) is 1. The van der Waals surface area contributed by atoms with Crippen LogP contribution in [0.15, 0.2) is 0 Å². The van der Waals surface area contributed by atoms with Crippen molar-refractivity contribution < 1.29 is 9.90 Å². The molecule has 0 saturated heterocycles. The minimum absolute atomic E-state index is 0.0359. The first-order chi connectivity index (χ1) is 10.3. The topological polar surface area (TPSA) is 37.3 Å². The average Bonchev–Trinajstić information content (AvgIpc) is 2.57. The highest BCUT2D eigenvalue weighted by molar-refractivity contribution is 5.83. The minimum atomic E-state index is 0.0359. The lowest BCUT2D eigenvalue weighted by atomic mass is 9.77. The number of ketones is 1. The maximum Gasteiger partial charge on any atom is 0.139 e. The molecule has 3 saturated carbocycles. The van der Waals surface area contributed by atoms with Crippen LogP contribution in [0.5, 0.6) is 0 Å². The second-order valence-corrected chi connectivity index (χ2v) is 7.36. The molecule has 2 heteroatoms. The van der Waals surface area contributed by atoms with Crippen molar-refractivity contribution in [3.05, 3.63) is 0 Å². The molecule has 3 rings (SSSR count). The van der Waals surface area contributed by atoms with E-state index in [0.29, 0.717) is 17.6 Å². The van der Waals surface area contributed by atoms with Crippen molar-refractivity contribution in [2.75, 3.05) is 0 Å². The zero-order valence-electron chi connectivity index (χ0n) is 13.7. The monoisotopic (exact) mass is 294 g/mol. The van der Waals surface area contributed by atoms with E-state index in [4.69, 9.17) is 5.11 Å². The molecule has 0 bridgehead atoms. The Bertz CT molecular complexity index is 262. The van der Waals surface area contributed by atoms with Gasteiger partial charge < -0.3 is 5.11 Å². The molecule has 0 aromatic rings. The Balaban J connectivity index is 0.000000194. The summed E-state index contributed by atoms with van der Waals surface area (Å²) in [6.45, 7) is 0. The summed E-state index contributed by atoms with van der Waals surface area (Å²) in [6.07, 6.45) is 18.6. The van der Waals surface area contributed by atoms with Crippen molar-refractivity contribution in [2.45, 2.75) is 102 Å². The molecule has 0 heterocycles. The number of Topliss-reactive ketones (excluding diaryl/α,β-unsaturated/α-hetero) is 1. The highest BCUT2D eigenvalue weighted by Crippen LogP contribution is 2.32. The molecule has 0 amide bonds. The van der Waals surface area contributed by atoms with Gasteiger partial charge in [0.25, 0.3) is 0 Å². The van der Waals surface area contributed by atoms with Crippen LogP contribution < -0.4 is 0 Å². The molecule has 0 aromatic heterocycles. The molecule has 21 heavy (non-hydrogen) atoms. The van der Waals surface area contributed by atoms with Crippen LogP contribution in [0.2, 0.25) is 0 Å². The summed E-state index contributed by atoms with van der Waals surface area (Å²) in [5.74, 6) is 1.53. The van der Waals surface area contributed by atoms with Gasteiger partial charge in [0.15, 0.2) is 0 Å². The Morgan fingerprint density at radius 2 is 0.905 bits per heavy atom. The first-order valence-electron chi connectivity index (χ1n) is 9.49. The first kappa shape index (κ1) is 17.0. The van der Waals surface area contributed by atoms with Gasteiger partial charge in [0.2, 0.25) is 0 Å². The third kappa shape index (κ3) is 6.10. The van der Waals surface area contributed by atoms with Crippen LogP contribution in [-0.4, -0.2) is 17.0 Å². The van der Waals surface area contributed by atoms with Gasteiger partial charge in [-0.05, 0) is 38.5 Å². The number of carbonyl (C=O) groups is 1. The fraction of sp³-hybridized carbons (Fsp3) is 0.947. The SMILES string of the molecule is O=C(C1CCCCC1)C1CCCCC1.OC1CCCCC1. The van der Waals surface area contributed by atoms with Crippen LogP contribution in [0.25, 0.3) is 0 Å². The van der Waals surface area contributed by atoms with Crippen molar-refractivity contribution in [1.29, 1.82) is 0 Å². The van der Waals surface area contributed by atoms with Gasteiger partial charge in [-0.3, -0.25) is 4.79 Å². The molecule has 122 valence electrons. The molecular weight excluding hydrogens is 260 g/mol. The fourth-order valence-corrected chi connectivity index (χ4v) is 4.19. The van der Waals surface area contributed by atoms with E-state index in [1.54, 1.807) is 0 Å². The van der Waals surface area contributed by atoms with E-state index in [1.165, 1.54) is 83.5 Å². The predicted molar refractivity (Wildman–Crippen MR) is 87.2 cm³/mol. The van der Waals surface area contributed by atoms with Gasteiger partial charge in [0, 0.05) is 11.8 Å². The van der Waals surface area contributed by atoms with Crippen LogP contribution in [0.4, 0.5) is 0 Å². The first-order valence-corrected chi connectivity index (χ1v) is 9.49. The van der Waals surface area contributed by atoms with E-state index in [-0.39, 0.29) is 6.10 Å². The van der Waals surface area contributed by atoms with Gasteiger partial charge in [-0.25, -0.2) is 0 Å². The summed E-state index contributed by atoms with van der Waals surface area (Å²) in [7, 11) is 0. The van der Waals surface area contributed by atoms with E-state index < -0.39 is 0 Å². The average molecular weight is 294 g/mol. The van der Waals surface area contributed by atoms with E-state index in [9.17, 15) is 4.79 Å². The van der Waals surface area contributed by atoms with Crippen molar-refractivity contribution in [2.24, 2.45) is 11.8 Å². The van der Waals surface area contributed by atoms with Gasteiger partial charge in [-0.15, -0.1) is 0 Å². The Morgan fingerprint density at radius 3 is 1.19 bits per heavy atom. The second kappa shape index (κ2) is 9.61. The molecule has 0 atom stereocenters. The van der Waals surface area contributed by atoms with E-state index in [2.05, 4.69) is 0 Å². The lowest BCUT2D eigenvalue weighted by molar-refractivity contribution is -0.128. The Morgan fingerprint density at radius 1 is 0.571 bits per heavy atom. The largest absolute Gasteiger partial charge is 0.393 e. The van der Waals surface area contributed by atoms with Crippen LogP contribution >= 0.6 is 0 Å². The Hall–Kier alpha value is -0.370. The third-order valence-electron chi connectivity index (χ3n) is 5.59. The number of carbonyl (C=O) groups excluding carboxylic acids is 1. The van der Waals surface area contributed by atoms with E-state index in [0.717, 1.165) is 12.8 Å². The van der Waals surface area contributed by atoms with E-state index in [1.807, 2.05) is 0 Å². The normalized spacial score (nSPS) is 26.0. The standard InChI is InChI=1S/C13H22O.C6H12O/c14-13(11-7-3-1-4-8-11)12-9-5-2-6-10-12;7-6-4-2-1-3-5-6/h11-12H,1-10H2;6-7H,1-5H2. The number of aliphatic hydroxyl groups is 1. The van der Waals surface area contributed by atoms with Gasteiger partial charge >= 0.3 is 0 Å². The lowest BCUT2D eigenvalue weighted by Gasteiger charge is -2.27. The summed E-state index contributed by atoms with van der Waals surface area (Å²) in [5, 5.41) is 8.91. The molecule has 0 spiro atoms. The van der Waals surface area contributed by atoms with Crippen molar-refractivity contribution in [3.63, 3.8) is 0 Å². The highest BCUT2D eigenvalue weighted by atomic mass is 16.3. The molecule has 2 nitrogen and oxygen atoms in total. The predicted octanol–water partition coefficient (Wildman–Crippen LogP) is 5.03. The fourth-order valence-electron chi connectivity index (χ4n) is 4.19. The lowest BCUT2D eigenvalue weighted by Crippen LogP contribution is -2.27. The number of aliphatic hydroxyl groups excluding tert-OH is 1. The van der Waals surface area contributed by atoms with Gasteiger partial charge in [0.05, 0.1) is 6.10 Å². The Kier molecular flexibility index (Phi) is 7.77. The molecule has 0 aliphatic heterocycles. The zero-order chi connectivity index (χ0) is 14.9. The van der Waals surface area contributed by atoms with Gasteiger partial charge in [-0.2, -0.15) is 0 Å². The summed E-state index contributed by atoms with van der Waals surface area (Å²) in [6, 6.07) is 0. The van der Waals surface area contributed by atoms with E-state index >= 15 is 0 Å². The summed E-state index contributed by atoms with van der Waals surface area (Å²) < 4.78 is 0. The molecule has 3 aliphatic carbocycles. The van der Waals surface area contributed by atoms with Crippen molar-refractivity contribution >= 4 is 5.78 Å².